The van der Waals surface area contributed by atoms with Crippen LogP contribution in [-0.4, -0.2) is 24.9 Å². The Bertz CT molecular complexity index is 1200. The Morgan fingerprint density at radius 3 is 2.36 bits per heavy atom. The lowest BCUT2D eigenvalue weighted by atomic mass is 9.97. The summed E-state index contributed by atoms with van der Waals surface area (Å²) in [6, 6.07) is 8.58. The zero-order valence-electron chi connectivity index (χ0n) is 14.8. The van der Waals surface area contributed by atoms with E-state index in [4.69, 9.17) is 4.52 Å². The first-order chi connectivity index (χ1) is 13.2. The number of aromatic nitrogens is 1. The van der Waals surface area contributed by atoms with Crippen molar-refractivity contribution in [3.63, 3.8) is 0 Å². The number of sulfone groups is 1. The molecule has 3 aromatic rings. The summed E-state index contributed by atoms with van der Waals surface area (Å²) in [5, 5.41) is 22.6. The third-order valence-corrected chi connectivity index (χ3v) is 5.33. The SMILES string of the molecule is Cc1ccc(-c2noc(CO)c2-c2cc(F)c(S(C)(=O)=O)c(F)c2)cc1C#N. The van der Waals surface area contributed by atoms with Crippen LogP contribution in [0.5, 0.6) is 0 Å². The fourth-order valence-corrected chi connectivity index (χ4v) is 3.70. The second-order valence-electron chi connectivity index (χ2n) is 6.17. The van der Waals surface area contributed by atoms with Gasteiger partial charge in [0.05, 0.1) is 17.2 Å². The van der Waals surface area contributed by atoms with Crippen LogP contribution in [0.25, 0.3) is 22.4 Å². The molecule has 144 valence electrons. The van der Waals surface area contributed by atoms with E-state index in [2.05, 4.69) is 5.16 Å². The van der Waals surface area contributed by atoms with Gasteiger partial charge in [0.1, 0.15) is 28.8 Å². The molecular weight excluding hydrogens is 390 g/mol. The monoisotopic (exact) mass is 404 g/mol. The van der Waals surface area contributed by atoms with Gasteiger partial charge in [0, 0.05) is 11.8 Å². The van der Waals surface area contributed by atoms with Gasteiger partial charge in [-0.25, -0.2) is 17.2 Å². The Balaban J connectivity index is 2.27. The predicted molar refractivity (Wildman–Crippen MR) is 95.8 cm³/mol. The molecule has 0 saturated carbocycles. The molecule has 3 rings (SSSR count). The first-order valence-corrected chi connectivity index (χ1v) is 9.86. The van der Waals surface area contributed by atoms with E-state index in [-0.39, 0.29) is 22.6 Å². The lowest BCUT2D eigenvalue weighted by molar-refractivity contribution is 0.230. The molecule has 0 radical (unpaired) electrons. The van der Waals surface area contributed by atoms with E-state index < -0.39 is 33.0 Å². The molecule has 1 aromatic heterocycles. The summed E-state index contributed by atoms with van der Waals surface area (Å²) in [6.45, 7) is 1.15. The molecule has 1 heterocycles. The molecule has 9 heteroatoms. The van der Waals surface area contributed by atoms with Crippen LogP contribution in [0.15, 0.2) is 39.8 Å². The van der Waals surface area contributed by atoms with Gasteiger partial charge in [0.2, 0.25) is 0 Å². The molecule has 6 nitrogen and oxygen atoms in total. The Kier molecular flexibility index (Phi) is 5.02. The summed E-state index contributed by atoms with van der Waals surface area (Å²) in [7, 11) is -4.12. The van der Waals surface area contributed by atoms with Crippen molar-refractivity contribution in [2.24, 2.45) is 0 Å². The van der Waals surface area contributed by atoms with Crippen LogP contribution in [-0.2, 0) is 16.4 Å². The van der Waals surface area contributed by atoms with Crippen LogP contribution in [0, 0.1) is 29.9 Å². The number of halogens is 2. The summed E-state index contributed by atoms with van der Waals surface area (Å²) in [5.74, 6) is -2.59. The third-order valence-electron chi connectivity index (χ3n) is 4.20. The molecular formula is C19H14F2N2O4S. The molecule has 1 N–H and O–H groups in total. The van der Waals surface area contributed by atoms with Crippen molar-refractivity contribution in [2.75, 3.05) is 6.26 Å². The normalized spacial score (nSPS) is 11.4. The molecule has 0 fully saturated rings. The predicted octanol–water partition coefficient (Wildman–Crippen LogP) is 3.36. The summed E-state index contributed by atoms with van der Waals surface area (Å²) in [6.07, 6.45) is 0.702. The molecule has 0 atom stereocenters. The lowest BCUT2D eigenvalue weighted by Gasteiger charge is -2.09. The van der Waals surface area contributed by atoms with Crippen molar-refractivity contribution in [3.05, 3.63) is 58.9 Å². The maximum absolute atomic E-state index is 14.4. The summed E-state index contributed by atoms with van der Waals surface area (Å²) >= 11 is 0. The highest BCUT2D eigenvalue weighted by atomic mass is 32.2. The standard InChI is InChI=1S/C19H14F2N2O4S/c1-10-3-4-11(5-13(10)8-22)18-17(16(9-24)27-23-18)12-6-14(20)19(15(21)7-12)28(2,25)26/h3-7,24H,9H2,1-2H3. The van der Waals surface area contributed by atoms with E-state index in [1.165, 1.54) is 6.07 Å². The molecule has 2 aromatic carbocycles. The first kappa shape index (κ1) is 19.7. The third kappa shape index (κ3) is 3.40. The molecule has 0 amide bonds. The average Bonchev–Trinajstić information content (AvgIpc) is 3.04. The minimum atomic E-state index is -4.12. The highest BCUT2D eigenvalue weighted by Crippen LogP contribution is 2.37. The molecule has 0 spiro atoms. The molecule has 0 aliphatic carbocycles. The largest absolute Gasteiger partial charge is 0.388 e. The highest BCUT2D eigenvalue weighted by Gasteiger charge is 2.25. The van der Waals surface area contributed by atoms with E-state index >= 15 is 0 Å². The number of aliphatic hydroxyl groups is 1. The van der Waals surface area contributed by atoms with E-state index in [1.807, 2.05) is 6.07 Å². The van der Waals surface area contributed by atoms with Crippen LogP contribution in [0.1, 0.15) is 16.9 Å². The van der Waals surface area contributed by atoms with Crippen LogP contribution < -0.4 is 0 Å². The van der Waals surface area contributed by atoms with Crippen LogP contribution in [0.4, 0.5) is 8.78 Å². The van der Waals surface area contributed by atoms with Gasteiger partial charge in [-0.05, 0) is 36.2 Å². The number of benzene rings is 2. The molecule has 0 aliphatic rings. The van der Waals surface area contributed by atoms with Crippen molar-refractivity contribution in [2.45, 2.75) is 18.4 Å². The van der Waals surface area contributed by atoms with Crippen molar-refractivity contribution >= 4 is 9.84 Å². The Hall–Kier alpha value is -3.09. The maximum atomic E-state index is 14.4. The lowest BCUT2D eigenvalue weighted by Crippen LogP contribution is -2.05. The molecule has 28 heavy (non-hydrogen) atoms. The number of nitriles is 1. The molecule has 0 saturated heterocycles. The Morgan fingerprint density at radius 2 is 1.82 bits per heavy atom. The van der Waals surface area contributed by atoms with Crippen molar-refractivity contribution in [1.82, 2.24) is 5.16 Å². The zero-order chi connectivity index (χ0) is 20.6. The second-order valence-corrected chi connectivity index (χ2v) is 8.12. The fraction of sp³-hybridized carbons (Fsp3) is 0.158. The van der Waals surface area contributed by atoms with Crippen LogP contribution >= 0.6 is 0 Å². The van der Waals surface area contributed by atoms with Gasteiger partial charge in [0.25, 0.3) is 0 Å². The molecule has 0 bridgehead atoms. The molecule has 0 unspecified atom stereocenters. The van der Waals surface area contributed by atoms with Gasteiger partial charge in [-0.3, -0.25) is 0 Å². The first-order valence-electron chi connectivity index (χ1n) is 7.97. The Morgan fingerprint density at radius 1 is 1.18 bits per heavy atom. The van der Waals surface area contributed by atoms with Gasteiger partial charge >= 0.3 is 0 Å². The second kappa shape index (κ2) is 7.14. The number of nitrogens with zero attached hydrogens (tertiary/aromatic N) is 2. The topological polar surface area (TPSA) is 104 Å². The van der Waals surface area contributed by atoms with Crippen LogP contribution in [0.2, 0.25) is 0 Å². The van der Waals surface area contributed by atoms with E-state index in [9.17, 15) is 27.6 Å². The van der Waals surface area contributed by atoms with Crippen molar-refractivity contribution < 1.29 is 26.8 Å². The average molecular weight is 404 g/mol. The summed E-state index contributed by atoms with van der Waals surface area (Å²) < 4.78 is 57.0. The number of hydrogen-bond donors (Lipinski definition) is 1. The summed E-state index contributed by atoms with van der Waals surface area (Å²) in [5.41, 5.74) is 1.75. The number of rotatable bonds is 4. The van der Waals surface area contributed by atoms with Gasteiger partial charge in [-0.2, -0.15) is 5.26 Å². The maximum Gasteiger partial charge on any atom is 0.181 e. The highest BCUT2D eigenvalue weighted by molar-refractivity contribution is 7.90. The van der Waals surface area contributed by atoms with Crippen molar-refractivity contribution in [3.8, 4) is 28.5 Å². The van der Waals surface area contributed by atoms with Gasteiger partial charge in [-0.15, -0.1) is 0 Å². The summed E-state index contributed by atoms with van der Waals surface area (Å²) in [4.78, 5) is -1.04. The van der Waals surface area contributed by atoms with E-state index in [0.29, 0.717) is 17.4 Å². The smallest absolute Gasteiger partial charge is 0.181 e. The van der Waals surface area contributed by atoms with Crippen LogP contribution in [0.3, 0.4) is 0 Å². The zero-order valence-corrected chi connectivity index (χ0v) is 15.6. The van der Waals surface area contributed by atoms with E-state index in [0.717, 1.165) is 17.7 Å². The number of aryl methyl sites for hydroxylation is 1. The van der Waals surface area contributed by atoms with Crippen molar-refractivity contribution in [1.29, 1.82) is 5.26 Å². The number of hydrogen-bond acceptors (Lipinski definition) is 6. The van der Waals surface area contributed by atoms with Gasteiger partial charge in [0.15, 0.2) is 15.6 Å². The fourth-order valence-electron chi connectivity index (χ4n) is 2.87. The van der Waals surface area contributed by atoms with Gasteiger partial charge in [-0.1, -0.05) is 17.3 Å². The minimum Gasteiger partial charge on any atom is -0.388 e. The van der Waals surface area contributed by atoms with E-state index in [1.54, 1.807) is 19.1 Å². The Labute approximate surface area is 159 Å². The van der Waals surface area contributed by atoms with Gasteiger partial charge < -0.3 is 9.63 Å². The number of aliphatic hydroxyl groups excluding tert-OH is 1. The molecule has 0 aliphatic heterocycles. The quantitative estimate of drug-likeness (QED) is 0.715. The minimum absolute atomic E-state index is 0.0539.